The van der Waals surface area contributed by atoms with Gasteiger partial charge in [-0.1, -0.05) is 23.8 Å². The van der Waals surface area contributed by atoms with E-state index < -0.39 is 0 Å². The van der Waals surface area contributed by atoms with Crippen LogP contribution in [0.3, 0.4) is 0 Å². The molecule has 0 radical (unpaired) electrons. The van der Waals surface area contributed by atoms with Crippen molar-refractivity contribution in [2.24, 2.45) is 4.99 Å². The van der Waals surface area contributed by atoms with Gasteiger partial charge in [0.2, 0.25) is 0 Å². The zero-order chi connectivity index (χ0) is 15.8. The SMILES string of the molecule is CCNC(=NCc1ccc(C)cc1C)NCCc1ccco1. The number of rotatable bonds is 6. The molecule has 0 atom stereocenters. The van der Waals surface area contributed by atoms with Crippen molar-refractivity contribution in [1.82, 2.24) is 10.6 Å². The summed E-state index contributed by atoms with van der Waals surface area (Å²) >= 11 is 0. The average Bonchev–Trinajstić information content (AvgIpc) is 2.99. The molecule has 2 N–H and O–H groups in total. The van der Waals surface area contributed by atoms with E-state index in [0.717, 1.165) is 31.2 Å². The molecule has 0 amide bonds. The molecule has 4 nitrogen and oxygen atoms in total. The summed E-state index contributed by atoms with van der Waals surface area (Å²) in [5, 5.41) is 6.61. The van der Waals surface area contributed by atoms with Crippen molar-refractivity contribution < 1.29 is 4.42 Å². The molecule has 2 aromatic rings. The molecule has 0 aliphatic rings. The molecule has 0 unspecified atom stereocenters. The average molecular weight is 299 g/mol. The number of furan rings is 1. The molecular formula is C18H25N3O. The standard InChI is InChI=1S/C18H25N3O/c1-4-19-18(20-10-9-17-6-5-11-22-17)21-13-16-8-7-14(2)12-15(16)3/h5-8,11-12H,4,9-10,13H2,1-3H3,(H2,19,20,21). The Morgan fingerprint density at radius 2 is 2.05 bits per heavy atom. The molecule has 0 saturated heterocycles. The zero-order valence-corrected chi connectivity index (χ0v) is 13.6. The van der Waals surface area contributed by atoms with Gasteiger partial charge in [0, 0.05) is 19.5 Å². The van der Waals surface area contributed by atoms with Crippen LogP contribution in [0, 0.1) is 13.8 Å². The normalized spacial score (nSPS) is 11.5. The van der Waals surface area contributed by atoms with Crippen LogP contribution in [0.25, 0.3) is 0 Å². The second-order valence-electron chi connectivity index (χ2n) is 5.38. The van der Waals surface area contributed by atoms with E-state index in [9.17, 15) is 0 Å². The first-order valence-electron chi connectivity index (χ1n) is 7.79. The van der Waals surface area contributed by atoms with Gasteiger partial charge >= 0.3 is 0 Å². The summed E-state index contributed by atoms with van der Waals surface area (Å²) < 4.78 is 5.33. The highest BCUT2D eigenvalue weighted by atomic mass is 16.3. The fourth-order valence-corrected chi connectivity index (χ4v) is 2.29. The van der Waals surface area contributed by atoms with Gasteiger partial charge < -0.3 is 15.1 Å². The van der Waals surface area contributed by atoms with E-state index in [1.807, 2.05) is 12.1 Å². The van der Waals surface area contributed by atoms with Gasteiger partial charge in [-0.15, -0.1) is 0 Å². The van der Waals surface area contributed by atoms with Crippen molar-refractivity contribution in [3.63, 3.8) is 0 Å². The molecule has 1 aromatic heterocycles. The van der Waals surface area contributed by atoms with Crippen molar-refractivity contribution in [3.05, 3.63) is 59.0 Å². The molecule has 0 bridgehead atoms. The minimum Gasteiger partial charge on any atom is -0.469 e. The number of hydrogen-bond acceptors (Lipinski definition) is 2. The molecule has 0 spiro atoms. The van der Waals surface area contributed by atoms with Crippen LogP contribution < -0.4 is 10.6 Å². The highest BCUT2D eigenvalue weighted by molar-refractivity contribution is 5.79. The molecule has 1 heterocycles. The summed E-state index contributed by atoms with van der Waals surface area (Å²) in [6.45, 7) is 8.64. The summed E-state index contributed by atoms with van der Waals surface area (Å²) in [4.78, 5) is 4.66. The monoisotopic (exact) mass is 299 g/mol. The third-order valence-corrected chi connectivity index (χ3v) is 3.49. The molecule has 0 fully saturated rings. The van der Waals surface area contributed by atoms with Crippen LogP contribution in [0.1, 0.15) is 29.4 Å². The van der Waals surface area contributed by atoms with Gasteiger partial charge in [0.15, 0.2) is 5.96 Å². The van der Waals surface area contributed by atoms with E-state index in [0.29, 0.717) is 6.54 Å². The van der Waals surface area contributed by atoms with Gasteiger partial charge in [0.1, 0.15) is 5.76 Å². The molecular weight excluding hydrogens is 274 g/mol. The Balaban J connectivity index is 1.91. The van der Waals surface area contributed by atoms with Crippen molar-refractivity contribution in [1.29, 1.82) is 0 Å². The lowest BCUT2D eigenvalue weighted by Gasteiger charge is -2.11. The summed E-state index contributed by atoms with van der Waals surface area (Å²) in [7, 11) is 0. The smallest absolute Gasteiger partial charge is 0.191 e. The molecule has 118 valence electrons. The van der Waals surface area contributed by atoms with Crippen LogP contribution in [0.2, 0.25) is 0 Å². The number of benzene rings is 1. The summed E-state index contributed by atoms with van der Waals surface area (Å²) in [5.74, 6) is 1.83. The first kappa shape index (κ1) is 16.1. The lowest BCUT2D eigenvalue weighted by Crippen LogP contribution is -2.38. The predicted molar refractivity (Wildman–Crippen MR) is 91.1 cm³/mol. The van der Waals surface area contributed by atoms with Crippen LogP contribution in [0.4, 0.5) is 0 Å². The summed E-state index contributed by atoms with van der Waals surface area (Å²) in [6, 6.07) is 10.4. The Morgan fingerprint density at radius 3 is 2.73 bits per heavy atom. The number of nitrogens with zero attached hydrogens (tertiary/aromatic N) is 1. The van der Waals surface area contributed by atoms with Crippen molar-refractivity contribution in [2.75, 3.05) is 13.1 Å². The van der Waals surface area contributed by atoms with Gasteiger partial charge in [-0.2, -0.15) is 0 Å². The Hall–Kier alpha value is -2.23. The second kappa shape index (κ2) is 8.27. The number of hydrogen-bond donors (Lipinski definition) is 2. The van der Waals surface area contributed by atoms with E-state index >= 15 is 0 Å². The Morgan fingerprint density at radius 1 is 1.18 bits per heavy atom. The number of aliphatic imine (C=N–C) groups is 1. The maximum Gasteiger partial charge on any atom is 0.191 e. The van der Waals surface area contributed by atoms with E-state index in [1.165, 1.54) is 16.7 Å². The minimum absolute atomic E-state index is 0.683. The molecule has 0 saturated carbocycles. The van der Waals surface area contributed by atoms with Crippen LogP contribution in [0.5, 0.6) is 0 Å². The first-order valence-corrected chi connectivity index (χ1v) is 7.79. The van der Waals surface area contributed by atoms with E-state index in [2.05, 4.69) is 54.6 Å². The molecule has 0 aliphatic heterocycles. The van der Waals surface area contributed by atoms with Gasteiger partial charge in [-0.3, -0.25) is 0 Å². The molecule has 2 rings (SSSR count). The number of guanidine groups is 1. The fraction of sp³-hybridized carbons (Fsp3) is 0.389. The predicted octanol–water partition coefficient (Wildman–Crippen LogP) is 3.19. The van der Waals surface area contributed by atoms with Crippen molar-refractivity contribution >= 4 is 5.96 Å². The number of aryl methyl sites for hydroxylation is 2. The maximum absolute atomic E-state index is 5.33. The van der Waals surface area contributed by atoms with E-state index in [4.69, 9.17) is 4.42 Å². The fourth-order valence-electron chi connectivity index (χ4n) is 2.29. The largest absolute Gasteiger partial charge is 0.469 e. The number of nitrogens with one attached hydrogen (secondary N) is 2. The van der Waals surface area contributed by atoms with Gasteiger partial charge in [0.25, 0.3) is 0 Å². The maximum atomic E-state index is 5.33. The first-order chi connectivity index (χ1) is 10.7. The van der Waals surface area contributed by atoms with Crippen LogP contribution in [0.15, 0.2) is 46.0 Å². The Bertz CT molecular complexity index is 603. The van der Waals surface area contributed by atoms with Gasteiger partial charge in [-0.05, 0) is 44.0 Å². The van der Waals surface area contributed by atoms with Crippen LogP contribution in [-0.4, -0.2) is 19.0 Å². The van der Waals surface area contributed by atoms with E-state index in [1.54, 1.807) is 6.26 Å². The zero-order valence-electron chi connectivity index (χ0n) is 13.6. The lowest BCUT2D eigenvalue weighted by atomic mass is 10.1. The van der Waals surface area contributed by atoms with Gasteiger partial charge in [0.05, 0.1) is 12.8 Å². The second-order valence-corrected chi connectivity index (χ2v) is 5.38. The summed E-state index contributed by atoms with van der Waals surface area (Å²) in [5.41, 5.74) is 3.83. The molecule has 1 aromatic carbocycles. The highest BCUT2D eigenvalue weighted by Gasteiger charge is 2.01. The Kier molecular flexibility index (Phi) is 6.07. The molecule has 22 heavy (non-hydrogen) atoms. The minimum atomic E-state index is 0.683. The summed E-state index contributed by atoms with van der Waals surface area (Å²) in [6.07, 6.45) is 2.55. The van der Waals surface area contributed by atoms with Gasteiger partial charge in [-0.25, -0.2) is 4.99 Å². The third-order valence-electron chi connectivity index (χ3n) is 3.49. The Labute approximate surface area is 132 Å². The quantitative estimate of drug-likeness (QED) is 0.636. The van der Waals surface area contributed by atoms with Crippen molar-refractivity contribution in [3.8, 4) is 0 Å². The molecule has 4 heteroatoms. The van der Waals surface area contributed by atoms with Crippen molar-refractivity contribution in [2.45, 2.75) is 33.7 Å². The van der Waals surface area contributed by atoms with Crippen LogP contribution >= 0.6 is 0 Å². The topological polar surface area (TPSA) is 49.6 Å². The van der Waals surface area contributed by atoms with E-state index in [-0.39, 0.29) is 0 Å². The van der Waals surface area contributed by atoms with Crippen LogP contribution in [-0.2, 0) is 13.0 Å². The molecule has 0 aliphatic carbocycles. The highest BCUT2D eigenvalue weighted by Crippen LogP contribution is 2.11. The third kappa shape index (κ3) is 4.95. The lowest BCUT2D eigenvalue weighted by molar-refractivity contribution is 0.507.